The molecule has 2 aromatic heterocycles. The van der Waals surface area contributed by atoms with E-state index < -0.39 is 10.0 Å². The molecule has 1 fully saturated rings. The highest BCUT2D eigenvalue weighted by Crippen LogP contribution is 2.23. The first kappa shape index (κ1) is 14.4. The molecule has 0 aromatic carbocycles. The number of hydrogen-bond donors (Lipinski definition) is 0. The van der Waals surface area contributed by atoms with E-state index in [2.05, 4.69) is 14.9 Å². The molecule has 112 valence electrons. The van der Waals surface area contributed by atoms with Crippen LogP contribution in [0.4, 0.5) is 5.13 Å². The molecule has 0 N–H and O–H groups in total. The Morgan fingerprint density at radius 2 is 1.95 bits per heavy atom. The third kappa shape index (κ3) is 2.92. The first-order chi connectivity index (χ1) is 10.1. The van der Waals surface area contributed by atoms with Crippen molar-refractivity contribution in [3.05, 3.63) is 35.5 Å². The molecule has 3 heterocycles. The van der Waals surface area contributed by atoms with Gasteiger partial charge >= 0.3 is 0 Å². The number of aromatic nitrogens is 2. The van der Waals surface area contributed by atoms with E-state index in [1.807, 2.05) is 12.3 Å². The lowest BCUT2D eigenvalue weighted by Crippen LogP contribution is -2.48. The van der Waals surface area contributed by atoms with Gasteiger partial charge in [0.2, 0.25) is 0 Å². The van der Waals surface area contributed by atoms with Crippen molar-refractivity contribution in [3.8, 4) is 0 Å². The Hall–Kier alpha value is -1.51. The summed E-state index contributed by atoms with van der Waals surface area (Å²) in [6.07, 6.45) is 1.50. The predicted molar refractivity (Wildman–Crippen MR) is 82.1 cm³/mol. The maximum Gasteiger partial charge on any atom is 0.260 e. The number of anilines is 1. The van der Waals surface area contributed by atoms with Gasteiger partial charge in [0.05, 0.1) is 5.69 Å². The zero-order valence-corrected chi connectivity index (χ0v) is 13.3. The fourth-order valence-corrected chi connectivity index (χ4v) is 4.45. The van der Waals surface area contributed by atoms with Gasteiger partial charge in [-0.3, -0.25) is 0 Å². The Bertz CT molecular complexity index is 707. The van der Waals surface area contributed by atoms with Crippen molar-refractivity contribution in [1.29, 1.82) is 0 Å². The summed E-state index contributed by atoms with van der Waals surface area (Å²) in [5.41, 5.74) is 0.999. The van der Waals surface area contributed by atoms with Crippen molar-refractivity contribution in [1.82, 2.24) is 14.3 Å². The van der Waals surface area contributed by atoms with E-state index in [0.29, 0.717) is 26.2 Å². The molecule has 0 radical (unpaired) electrons. The first-order valence-corrected chi connectivity index (χ1v) is 8.97. The van der Waals surface area contributed by atoms with Gasteiger partial charge in [0, 0.05) is 37.8 Å². The molecule has 3 rings (SSSR count). The monoisotopic (exact) mass is 324 g/mol. The molecule has 0 bridgehead atoms. The average Bonchev–Trinajstić information content (AvgIpc) is 2.95. The number of piperazine rings is 1. The lowest BCUT2D eigenvalue weighted by Gasteiger charge is -2.33. The van der Waals surface area contributed by atoms with Crippen LogP contribution in [0.25, 0.3) is 0 Å². The SMILES string of the molecule is Cc1csc(N2CCN(S(=O)(=O)c3ccccn3)CC2)n1. The van der Waals surface area contributed by atoms with Crippen LogP contribution in [0.1, 0.15) is 5.69 Å². The lowest BCUT2D eigenvalue weighted by atomic mass is 10.4. The molecule has 0 spiro atoms. The van der Waals surface area contributed by atoms with Crippen LogP contribution in [-0.4, -0.2) is 48.9 Å². The molecule has 1 aliphatic heterocycles. The molecular weight excluding hydrogens is 308 g/mol. The maximum absolute atomic E-state index is 12.5. The van der Waals surface area contributed by atoms with Gasteiger partial charge in [-0.15, -0.1) is 11.3 Å². The smallest absolute Gasteiger partial charge is 0.260 e. The van der Waals surface area contributed by atoms with Crippen LogP contribution in [0.15, 0.2) is 34.8 Å². The minimum atomic E-state index is -3.48. The Morgan fingerprint density at radius 1 is 1.19 bits per heavy atom. The molecule has 0 saturated carbocycles. The van der Waals surface area contributed by atoms with Gasteiger partial charge in [-0.25, -0.2) is 18.4 Å². The largest absolute Gasteiger partial charge is 0.345 e. The molecule has 21 heavy (non-hydrogen) atoms. The second kappa shape index (κ2) is 5.70. The molecule has 0 amide bonds. The highest BCUT2D eigenvalue weighted by molar-refractivity contribution is 7.89. The second-order valence-electron chi connectivity index (χ2n) is 4.83. The van der Waals surface area contributed by atoms with Crippen LogP contribution in [-0.2, 0) is 10.0 Å². The van der Waals surface area contributed by atoms with Crippen LogP contribution in [0.5, 0.6) is 0 Å². The van der Waals surface area contributed by atoms with Crippen molar-refractivity contribution in [2.45, 2.75) is 11.9 Å². The molecule has 1 aliphatic rings. The Balaban J connectivity index is 1.71. The number of aryl methyl sites for hydroxylation is 1. The summed E-state index contributed by atoms with van der Waals surface area (Å²) < 4.78 is 26.4. The van der Waals surface area contributed by atoms with E-state index in [0.717, 1.165) is 10.8 Å². The molecule has 0 unspecified atom stereocenters. The summed E-state index contributed by atoms with van der Waals surface area (Å²) in [5.74, 6) is 0. The molecular formula is C13H16N4O2S2. The van der Waals surface area contributed by atoms with Crippen molar-refractivity contribution >= 4 is 26.5 Å². The Morgan fingerprint density at radius 3 is 2.52 bits per heavy atom. The number of thiazole rings is 1. The fourth-order valence-electron chi connectivity index (χ4n) is 2.24. The minimum Gasteiger partial charge on any atom is -0.345 e. The fraction of sp³-hybridized carbons (Fsp3) is 0.385. The molecule has 2 aromatic rings. The Kier molecular flexibility index (Phi) is 3.92. The third-order valence-corrected chi connectivity index (χ3v) is 6.19. The van der Waals surface area contributed by atoms with Crippen LogP contribution in [0.2, 0.25) is 0 Å². The molecule has 6 nitrogen and oxygen atoms in total. The number of pyridine rings is 1. The summed E-state index contributed by atoms with van der Waals surface area (Å²) in [5, 5.41) is 3.08. The highest BCUT2D eigenvalue weighted by Gasteiger charge is 2.29. The van der Waals surface area contributed by atoms with Gasteiger partial charge in [0.25, 0.3) is 10.0 Å². The van der Waals surface area contributed by atoms with Crippen molar-refractivity contribution in [2.24, 2.45) is 0 Å². The van der Waals surface area contributed by atoms with Crippen molar-refractivity contribution in [3.63, 3.8) is 0 Å². The zero-order valence-electron chi connectivity index (χ0n) is 11.6. The third-order valence-electron chi connectivity index (χ3n) is 3.36. The van der Waals surface area contributed by atoms with E-state index in [-0.39, 0.29) is 5.03 Å². The minimum absolute atomic E-state index is 0.114. The van der Waals surface area contributed by atoms with E-state index in [1.165, 1.54) is 16.6 Å². The molecule has 8 heteroatoms. The topological polar surface area (TPSA) is 66.4 Å². The van der Waals surface area contributed by atoms with Gasteiger partial charge in [-0.1, -0.05) is 6.07 Å². The maximum atomic E-state index is 12.5. The number of nitrogens with zero attached hydrogens (tertiary/aromatic N) is 4. The van der Waals surface area contributed by atoms with Crippen molar-refractivity contribution in [2.75, 3.05) is 31.1 Å². The first-order valence-electron chi connectivity index (χ1n) is 6.65. The van der Waals surface area contributed by atoms with Gasteiger partial charge in [0.15, 0.2) is 10.2 Å². The van der Waals surface area contributed by atoms with Gasteiger partial charge in [-0.2, -0.15) is 4.31 Å². The number of rotatable bonds is 3. The molecule has 1 saturated heterocycles. The standard InChI is InChI=1S/C13H16N4O2S2/c1-11-10-20-13(15-11)16-6-8-17(9-7-16)21(18,19)12-4-2-3-5-14-12/h2-5,10H,6-9H2,1H3. The summed E-state index contributed by atoms with van der Waals surface area (Å²) >= 11 is 1.60. The normalized spacial score (nSPS) is 17.1. The van der Waals surface area contributed by atoms with Crippen LogP contribution >= 0.6 is 11.3 Å². The molecule has 0 aliphatic carbocycles. The summed E-state index contributed by atoms with van der Waals surface area (Å²) in [4.78, 5) is 10.5. The highest BCUT2D eigenvalue weighted by atomic mass is 32.2. The lowest BCUT2D eigenvalue weighted by molar-refractivity contribution is 0.383. The van der Waals surface area contributed by atoms with E-state index in [9.17, 15) is 8.42 Å². The van der Waals surface area contributed by atoms with Crippen LogP contribution < -0.4 is 4.90 Å². The summed E-state index contributed by atoms with van der Waals surface area (Å²) in [6, 6.07) is 4.93. The van der Waals surface area contributed by atoms with E-state index >= 15 is 0 Å². The van der Waals surface area contributed by atoms with E-state index in [4.69, 9.17) is 0 Å². The van der Waals surface area contributed by atoms with Gasteiger partial charge in [-0.05, 0) is 19.1 Å². The second-order valence-corrected chi connectivity index (χ2v) is 7.55. The number of hydrogen-bond acceptors (Lipinski definition) is 6. The van der Waals surface area contributed by atoms with Gasteiger partial charge in [0.1, 0.15) is 0 Å². The summed E-state index contributed by atoms with van der Waals surface area (Å²) in [7, 11) is -3.48. The predicted octanol–water partition coefficient (Wildman–Crippen LogP) is 1.36. The zero-order chi connectivity index (χ0) is 14.9. The van der Waals surface area contributed by atoms with E-state index in [1.54, 1.807) is 23.5 Å². The van der Waals surface area contributed by atoms with Crippen LogP contribution in [0, 0.1) is 6.92 Å². The average molecular weight is 324 g/mol. The van der Waals surface area contributed by atoms with Crippen LogP contribution in [0.3, 0.4) is 0 Å². The Labute approximate surface area is 128 Å². The molecule has 0 atom stereocenters. The quantitative estimate of drug-likeness (QED) is 0.853. The number of sulfonamides is 1. The summed E-state index contributed by atoms with van der Waals surface area (Å²) in [6.45, 7) is 4.18. The van der Waals surface area contributed by atoms with Gasteiger partial charge < -0.3 is 4.90 Å². The van der Waals surface area contributed by atoms with Crippen molar-refractivity contribution < 1.29 is 8.42 Å².